The smallest absolute Gasteiger partial charge is 0.247 e. The van der Waals surface area contributed by atoms with Gasteiger partial charge in [0.25, 0.3) is 0 Å². The van der Waals surface area contributed by atoms with Crippen molar-refractivity contribution >= 4 is 40.8 Å². The number of amides is 2. The van der Waals surface area contributed by atoms with E-state index >= 15 is 0 Å². The van der Waals surface area contributed by atoms with Crippen LogP contribution in [0.15, 0.2) is 65.6 Å². The number of carbonyl (C=O) groups is 2. The number of benzene rings is 1. The standard InChI is InChI=1S/C24H22ClN3O3S/c1-16-24(31)27(12-13-28(16)23(30)11-8-20-7-9-21(25)32-20)15-17-2-4-18(5-3-17)19-6-10-22(29)26-14-19/h2-11,14,16H,12-13,15H2,1H3,(H,26,29)/t16-/m0/s1. The van der Waals surface area contributed by atoms with Crippen molar-refractivity contribution in [1.82, 2.24) is 14.8 Å². The third-order valence-electron chi connectivity index (χ3n) is 5.46. The number of hydrogen-bond acceptors (Lipinski definition) is 4. The van der Waals surface area contributed by atoms with Gasteiger partial charge in [0.2, 0.25) is 17.4 Å². The molecule has 0 bridgehead atoms. The van der Waals surface area contributed by atoms with Gasteiger partial charge in [-0.15, -0.1) is 11.3 Å². The van der Waals surface area contributed by atoms with Gasteiger partial charge in [-0.1, -0.05) is 35.9 Å². The number of aromatic amines is 1. The van der Waals surface area contributed by atoms with E-state index < -0.39 is 6.04 Å². The van der Waals surface area contributed by atoms with E-state index in [1.54, 1.807) is 41.1 Å². The van der Waals surface area contributed by atoms with Gasteiger partial charge in [-0.25, -0.2) is 0 Å². The molecule has 1 N–H and O–H groups in total. The molecule has 0 spiro atoms. The van der Waals surface area contributed by atoms with Crippen molar-refractivity contribution in [2.45, 2.75) is 19.5 Å². The van der Waals surface area contributed by atoms with E-state index in [0.29, 0.717) is 24.0 Å². The zero-order valence-corrected chi connectivity index (χ0v) is 19.0. The number of rotatable bonds is 5. The molecule has 4 rings (SSSR count). The number of pyridine rings is 1. The Labute approximate surface area is 194 Å². The largest absolute Gasteiger partial charge is 0.335 e. The molecule has 3 aromatic rings. The van der Waals surface area contributed by atoms with Crippen LogP contribution in [-0.2, 0) is 16.1 Å². The van der Waals surface area contributed by atoms with Crippen molar-refractivity contribution in [3.8, 4) is 11.1 Å². The van der Waals surface area contributed by atoms with Gasteiger partial charge in [-0.3, -0.25) is 14.4 Å². The number of H-pyrrole nitrogens is 1. The first-order valence-electron chi connectivity index (χ1n) is 10.2. The monoisotopic (exact) mass is 467 g/mol. The zero-order chi connectivity index (χ0) is 22.7. The third kappa shape index (κ3) is 5.00. The van der Waals surface area contributed by atoms with Crippen molar-refractivity contribution in [1.29, 1.82) is 0 Å². The molecule has 2 amide bonds. The number of carbonyl (C=O) groups excluding carboxylic acids is 2. The summed E-state index contributed by atoms with van der Waals surface area (Å²) in [5, 5.41) is 0. The van der Waals surface area contributed by atoms with E-state index in [9.17, 15) is 14.4 Å². The molecule has 0 aliphatic carbocycles. The predicted octanol–water partition coefficient (Wildman–Crippen LogP) is 4.03. The van der Waals surface area contributed by atoms with Crippen molar-refractivity contribution in [3.05, 3.63) is 85.9 Å². The van der Waals surface area contributed by atoms with Crippen LogP contribution >= 0.6 is 22.9 Å². The van der Waals surface area contributed by atoms with E-state index in [1.807, 2.05) is 30.3 Å². The summed E-state index contributed by atoms with van der Waals surface area (Å²) in [6.45, 7) is 3.22. The number of halogens is 1. The molecule has 1 saturated heterocycles. The lowest BCUT2D eigenvalue weighted by Gasteiger charge is -2.38. The first-order chi connectivity index (χ1) is 15.4. The molecule has 32 heavy (non-hydrogen) atoms. The summed E-state index contributed by atoms with van der Waals surface area (Å²) in [5.41, 5.74) is 2.78. The number of piperazine rings is 1. The van der Waals surface area contributed by atoms with Crippen LogP contribution in [0.4, 0.5) is 0 Å². The molecule has 1 aliphatic rings. The number of aromatic nitrogens is 1. The van der Waals surface area contributed by atoms with Crippen LogP contribution in [0, 0.1) is 0 Å². The van der Waals surface area contributed by atoms with E-state index in [4.69, 9.17) is 11.6 Å². The molecule has 3 heterocycles. The molecular formula is C24H22ClN3O3S. The fourth-order valence-corrected chi connectivity index (χ4v) is 4.63. The van der Waals surface area contributed by atoms with Crippen LogP contribution in [-0.4, -0.2) is 45.7 Å². The highest BCUT2D eigenvalue weighted by Gasteiger charge is 2.33. The maximum atomic E-state index is 12.9. The van der Waals surface area contributed by atoms with Crippen LogP contribution in [0.25, 0.3) is 17.2 Å². The second-order valence-corrected chi connectivity index (χ2v) is 9.33. The first-order valence-corrected chi connectivity index (χ1v) is 11.4. The fraction of sp³-hybridized carbons (Fsp3) is 0.208. The van der Waals surface area contributed by atoms with Crippen LogP contribution < -0.4 is 5.56 Å². The maximum Gasteiger partial charge on any atom is 0.247 e. The number of hydrogen-bond donors (Lipinski definition) is 1. The lowest BCUT2D eigenvalue weighted by atomic mass is 10.0. The Kier molecular flexibility index (Phi) is 6.58. The Morgan fingerprint density at radius 2 is 1.84 bits per heavy atom. The van der Waals surface area contributed by atoms with Crippen LogP contribution in [0.5, 0.6) is 0 Å². The first kappa shape index (κ1) is 22.0. The molecule has 6 nitrogen and oxygen atoms in total. The summed E-state index contributed by atoms with van der Waals surface area (Å²) in [6, 6.07) is 14.3. The Bertz CT molecular complexity index is 1200. The van der Waals surface area contributed by atoms with Crippen molar-refractivity contribution < 1.29 is 9.59 Å². The zero-order valence-electron chi connectivity index (χ0n) is 17.5. The lowest BCUT2D eigenvalue weighted by molar-refractivity contribution is -0.148. The van der Waals surface area contributed by atoms with Gasteiger partial charge in [0.15, 0.2) is 0 Å². The molecule has 1 aliphatic heterocycles. The second-order valence-electron chi connectivity index (χ2n) is 7.58. The normalized spacial score (nSPS) is 16.7. The van der Waals surface area contributed by atoms with E-state index in [2.05, 4.69) is 4.98 Å². The van der Waals surface area contributed by atoms with E-state index in [0.717, 1.165) is 21.6 Å². The molecule has 0 radical (unpaired) electrons. The van der Waals surface area contributed by atoms with Crippen LogP contribution in [0.2, 0.25) is 4.34 Å². The van der Waals surface area contributed by atoms with E-state index in [-0.39, 0.29) is 17.4 Å². The third-order valence-corrected chi connectivity index (χ3v) is 6.66. The average molecular weight is 468 g/mol. The molecule has 0 saturated carbocycles. The molecule has 1 fully saturated rings. The van der Waals surface area contributed by atoms with Gasteiger partial charge in [0, 0.05) is 42.9 Å². The Balaban J connectivity index is 1.37. The number of thiophene rings is 1. The second kappa shape index (κ2) is 9.54. The van der Waals surface area contributed by atoms with Gasteiger partial charge < -0.3 is 14.8 Å². The van der Waals surface area contributed by atoms with E-state index in [1.165, 1.54) is 23.5 Å². The average Bonchev–Trinajstić information content (AvgIpc) is 3.21. The summed E-state index contributed by atoms with van der Waals surface area (Å²) in [5.74, 6) is -0.248. The van der Waals surface area contributed by atoms with Gasteiger partial charge in [0.05, 0.1) is 4.34 Å². The molecule has 2 aromatic heterocycles. The van der Waals surface area contributed by atoms with Crippen molar-refractivity contribution in [3.63, 3.8) is 0 Å². The van der Waals surface area contributed by atoms with Gasteiger partial charge in [-0.05, 0) is 47.9 Å². The molecule has 0 unspecified atom stereocenters. The van der Waals surface area contributed by atoms with Gasteiger partial charge >= 0.3 is 0 Å². The minimum Gasteiger partial charge on any atom is -0.335 e. The Morgan fingerprint density at radius 3 is 2.50 bits per heavy atom. The highest BCUT2D eigenvalue weighted by Crippen LogP contribution is 2.23. The molecule has 164 valence electrons. The quantitative estimate of drug-likeness (QED) is 0.576. The molecule has 8 heteroatoms. The minimum absolute atomic E-state index is 0.0677. The summed E-state index contributed by atoms with van der Waals surface area (Å²) in [6.07, 6.45) is 4.91. The summed E-state index contributed by atoms with van der Waals surface area (Å²) in [4.78, 5) is 43.7. The molecule has 1 aromatic carbocycles. The number of nitrogens with one attached hydrogen (secondary N) is 1. The van der Waals surface area contributed by atoms with Crippen LogP contribution in [0.1, 0.15) is 17.4 Å². The lowest BCUT2D eigenvalue weighted by Crippen LogP contribution is -2.56. The topological polar surface area (TPSA) is 73.5 Å². The highest BCUT2D eigenvalue weighted by molar-refractivity contribution is 7.17. The Hall–Kier alpha value is -3.16. The minimum atomic E-state index is -0.520. The maximum absolute atomic E-state index is 12.9. The molecule has 1 atom stereocenters. The van der Waals surface area contributed by atoms with Crippen molar-refractivity contribution in [2.75, 3.05) is 13.1 Å². The van der Waals surface area contributed by atoms with Crippen LogP contribution in [0.3, 0.4) is 0 Å². The Morgan fingerprint density at radius 1 is 1.09 bits per heavy atom. The highest BCUT2D eigenvalue weighted by atomic mass is 35.5. The summed E-state index contributed by atoms with van der Waals surface area (Å²) < 4.78 is 0.668. The predicted molar refractivity (Wildman–Crippen MR) is 127 cm³/mol. The van der Waals surface area contributed by atoms with Gasteiger partial charge in [0.1, 0.15) is 6.04 Å². The summed E-state index contributed by atoms with van der Waals surface area (Å²) in [7, 11) is 0. The summed E-state index contributed by atoms with van der Waals surface area (Å²) >= 11 is 7.32. The molecular weight excluding hydrogens is 446 g/mol. The fourth-order valence-electron chi connectivity index (χ4n) is 3.67. The van der Waals surface area contributed by atoms with Gasteiger partial charge in [-0.2, -0.15) is 0 Å². The SMILES string of the molecule is C[C@H]1C(=O)N(Cc2ccc(-c3ccc(=O)[nH]c3)cc2)CCN1C(=O)C=Cc1ccc(Cl)s1. The van der Waals surface area contributed by atoms with Crippen molar-refractivity contribution in [2.24, 2.45) is 0 Å². The number of nitrogens with zero attached hydrogens (tertiary/aromatic N) is 2.